The van der Waals surface area contributed by atoms with Crippen molar-refractivity contribution in [3.8, 4) is 0 Å². The highest BCUT2D eigenvalue weighted by atomic mass is 35.5. The third-order valence-electron chi connectivity index (χ3n) is 3.77. The van der Waals surface area contributed by atoms with Crippen molar-refractivity contribution in [2.24, 2.45) is 0 Å². The Morgan fingerprint density at radius 1 is 1.32 bits per heavy atom. The molecule has 0 fully saturated rings. The summed E-state index contributed by atoms with van der Waals surface area (Å²) < 4.78 is 3.28. The van der Waals surface area contributed by atoms with Gasteiger partial charge in [-0.2, -0.15) is 10.2 Å². The van der Waals surface area contributed by atoms with Crippen LogP contribution in [0.1, 0.15) is 24.2 Å². The van der Waals surface area contributed by atoms with Crippen molar-refractivity contribution >= 4 is 34.8 Å². The molecule has 2 aromatic heterocycles. The van der Waals surface area contributed by atoms with Gasteiger partial charge in [-0.25, -0.2) is 0 Å². The largest absolute Gasteiger partial charge is 0.322 e. The first-order chi connectivity index (χ1) is 11.9. The summed E-state index contributed by atoms with van der Waals surface area (Å²) in [6, 6.07) is 7.08. The number of nitrogens with one attached hydrogen (secondary N) is 1. The Kier molecular flexibility index (Phi) is 5.11. The zero-order valence-electron chi connectivity index (χ0n) is 13.8. The Morgan fingerprint density at radius 2 is 2.12 bits per heavy atom. The van der Waals surface area contributed by atoms with Crippen LogP contribution in [0, 0.1) is 6.92 Å². The molecule has 130 valence electrons. The fourth-order valence-electron chi connectivity index (χ4n) is 2.36. The topological polar surface area (TPSA) is 64.7 Å². The summed E-state index contributed by atoms with van der Waals surface area (Å²) in [5.41, 5.74) is 2.34. The molecule has 0 aliphatic carbocycles. The van der Waals surface area contributed by atoms with E-state index in [-0.39, 0.29) is 5.91 Å². The number of carbonyl (C=O) groups is 1. The van der Waals surface area contributed by atoms with E-state index in [0.29, 0.717) is 28.0 Å². The molecule has 1 aromatic carbocycles. The summed E-state index contributed by atoms with van der Waals surface area (Å²) in [7, 11) is 0. The minimum Gasteiger partial charge on any atom is -0.322 e. The zero-order valence-corrected chi connectivity index (χ0v) is 15.3. The fraction of sp³-hybridized carbons (Fsp3) is 0.235. The van der Waals surface area contributed by atoms with Gasteiger partial charge in [0.1, 0.15) is 6.04 Å². The van der Waals surface area contributed by atoms with Crippen molar-refractivity contribution < 1.29 is 4.79 Å². The van der Waals surface area contributed by atoms with Gasteiger partial charge >= 0.3 is 0 Å². The van der Waals surface area contributed by atoms with Crippen molar-refractivity contribution in [1.29, 1.82) is 0 Å². The van der Waals surface area contributed by atoms with Gasteiger partial charge in [0.05, 0.1) is 29.1 Å². The smallest absolute Gasteiger partial charge is 0.249 e. The van der Waals surface area contributed by atoms with E-state index in [2.05, 4.69) is 15.5 Å². The van der Waals surface area contributed by atoms with Gasteiger partial charge in [0.15, 0.2) is 0 Å². The standard InChI is InChI=1S/C17H17Cl2N5O/c1-11-16(19)10-24(22-11)12(2)17(25)21-15-7-20-23(9-15)8-13-4-3-5-14(18)6-13/h3-7,9-10,12H,8H2,1-2H3,(H,21,25). The number of aromatic nitrogens is 4. The second-order valence-corrected chi connectivity index (χ2v) is 6.61. The van der Waals surface area contributed by atoms with Gasteiger partial charge in [-0.3, -0.25) is 14.2 Å². The predicted octanol–water partition coefficient (Wildman–Crippen LogP) is 3.94. The maximum absolute atomic E-state index is 12.4. The van der Waals surface area contributed by atoms with Crippen LogP contribution in [0.25, 0.3) is 0 Å². The first-order valence-corrected chi connectivity index (χ1v) is 8.47. The van der Waals surface area contributed by atoms with E-state index in [9.17, 15) is 4.79 Å². The number of hydrogen-bond donors (Lipinski definition) is 1. The van der Waals surface area contributed by atoms with Gasteiger partial charge < -0.3 is 5.32 Å². The quantitative estimate of drug-likeness (QED) is 0.731. The molecule has 8 heteroatoms. The van der Waals surface area contributed by atoms with Crippen LogP contribution < -0.4 is 5.32 Å². The van der Waals surface area contributed by atoms with Crippen LogP contribution in [0.2, 0.25) is 10.0 Å². The van der Waals surface area contributed by atoms with Gasteiger partial charge in [0, 0.05) is 17.4 Å². The molecule has 0 aliphatic heterocycles. The average Bonchev–Trinajstić information content (AvgIpc) is 3.13. The Hall–Kier alpha value is -2.31. The number of carbonyl (C=O) groups excluding carboxylic acids is 1. The van der Waals surface area contributed by atoms with Crippen LogP contribution in [-0.2, 0) is 11.3 Å². The van der Waals surface area contributed by atoms with Crippen molar-refractivity contribution in [2.75, 3.05) is 5.32 Å². The SMILES string of the molecule is Cc1nn(C(C)C(=O)Nc2cnn(Cc3cccc(Cl)c3)c2)cc1Cl. The lowest BCUT2D eigenvalue weighted by atomic mass is 10.2. The van der Waals surface area contributed by atoms with Gasteiger partial charge in [-0.15, -0.1) is 0 Å². The molecular weight excluding hydrogens is 361 g/mol. The molecule has 2 heterocycles. The Morgan fingerprint density at radius 3 is 2.80 bits per heavy atom. The molecule has 6 nitrogen and oxygen atoms in total. The maximum Gasteiger partial charge on any atom is 0.249 e. The van der Waals surface area contributed by atoms with Crippen molar-refractivity contribution in [3.05, 3.63) is 64.2 Å². The molecule has 0 saturated carbocycles. The summed E-state index contributed by atoms with van der Waals surface area (Å²) >= 11 is 12.0. The summed E-state index contributed by atoms with van der Waals surface area (Å²) in [6.07, 6.45) is 5.02. The highest BCUT2D eigenvalue weighted by Gasteiger charge is 2.17. The molecule has 1 amide bonds. The van der Waals surface area contributed by atoms with Gasteiger partial charge in [0.2, 0.25) is 5.91 Å². The van der Waals surface area contributed by atoms with Crippen LogP contribution in [0.5, 0.6) is 0 Å². The van der Waals surface area contributed by atoms with E-state index < -0.39 is 6.04 Å². The Balaban J connectivity index is 1.65. The number of nitrogens with zero attached hydrogens (tertiary/aromatic N) is 4. The first-order valence-electron chi connectivity index (χ1n) is 7.71. The molecule has 0 aliphatic rings. The summed E-state index contributed by atoms with van der Waals surface area (Å²) in [5, 5.41) is 12.5. The number of halogens is 2. The van der Waals surface area contributed by atoms with Gasteiger partial charge in [-0.1, -0.05) is 35.3 Å². The molecule has 0 bridgehead atoms. The average molecular weight is 378 g/mol. The van der Waals surface area contributed by atoms with E-state index in [1.807, 2.05) is 24.3 Å². The van der Waals surface area contributed by atoms with Crippen LogP contribution in [-0.4, -0.2) is 25.5 Å². The molecule has 0 spiro atoms. The molecule has 3 rings (SSSR count). The zero-order chi connectivity index (χ0) is 18.0. The second kappa shape index (κ2) is 7.29. The van der Waals surface area contributed by atoms with E-state index in [1.165, 1.54) is 0 Å². The monoisotopic (exact) mass is 377 g/mol. The lowest BCUT2D eigenvalue weighted by molar-refractivity contribution is -0.119. The molecule has 3 aromatic rings. The number of hydrogen-bond acceptors (Lipinski definition) is 3. The summed E-state index contributed by atoms with van der Waals surface area (Å²) in [5.74, 6) is -0.193. The van der Waals surface area contributed by atoms with Crippen molar-refractivity contribution in [1.82, 2.24) is 19.6 Å². The highest BCUT2D eigenvalue weighted by molar-refractivity contribution is 6.31. The number of benzene rings is 1. The van der Waals surface area contributed by atoms with E-state index in [1.54, 1.807) is 41.8 Å². The van der Waals surface area contributed by atoms with E-state index in [0.717, 1.165) is 5.56 Å². The second-order valence-electron chi connectivity index (χ2n) is 5.76. The minimum atomic E-state index is -0.484. The third kappa shape index (κ3) is 4.21. The molecule has 25 heavy (non-hydrogen) atoms. The number of aryl methyl sites for hydroxylation is 1. The molecular formula is C17H17Cl2N5O. The number of rotatable bonds is 5. The Labute approximate surface area is 155 Å². The Bertz CT molecular complexity index is 883. The fourth-order valence-corrected chi connectivity index (χ4v) is 2.71. The van der Waals surface area contributed by atoms with Crippen LogP contribution in [0.3, 0.4) is 0 Å². The summed E-state index contributed by atoms with van der Waals surface area (Å²) in [4.78, 5) is 12.4. The lowest BCUT2D eigenvalue weighted by Gasteiger charge is -2.11. The molecule has 0 radical (unpaired) electrons. The highest BCUT2D eigenvalue weighted by Crippen LogP contribution is 2.18. The maximum atomic E-state index is 12.4. The van der Waals surface area contributed by atoms with Crippen LogP contribution in [0.15, 0.2) is 42.9 Å². The van der Waals surface area contributed by atoms with Crippen molar-refractivity contribution in [2.45, 2.75) is 26.4 Å². The first kappa shape index (κ1) is 17.5. The van der Waals surface area contributed by atoms with Crippen molar-refractivity contribution in [3.63, 3.8) is 0 Å². The number of anilines is 1. The van der Waals surface area contributed by atoms with E-state index >= 15 is 0 Å². The van der Waals surface area contributed by atoms with Crippen LogP contribution >= 0.6 is 23.2 Å². The molecule has 1 N–H and O–H groups in total. The van der Waals surface area contributed by atoms with E-state index in [4.69, 9.17) is 23.2 Å². The normalized spacial score (nSPS) is 12.2. The third-order valence-corrected chi connectivity index (χ3v) is 4.37. The summed E-state index contributed by atoms with van der Waals surface area (Å²) in [6.45, 7) is 4.12. The van der Waals surface area contributed by atoms with Gasteiger partial charge in [-0.05, 0) is 31.5 Å². The van der Waals surface area contributed by atoms with Gasteiger partial charge in [0.25, 0.3) is 0 Å². The molecule has 1 unspecified atom stereocenters. The van der Waals surface area contributed by atoms with Crippen LogP contribution in [0.4, 0.5) is 5.69 Å². The lowest BCUT2D eigenvalue weighted by Crippen LogP contribution is -2.23. The number of amides is 1. The molecule has 0 saturated heterocycles. The molecule has 1 atom stereocenters. The minimum absolute atomic E-state index is 0.193. The predicted molar refractivity (Wildman–Crippen MR) is 98.1 cm³/mol.